The van der Waals surface area contributed by atoms with E-state index in [1.54, 1.807) is 53.3 Å². The Hall–Kier alpha value is -2.93. The molecule has 2 aromatic rings. The third-order valence-corrected chi connectivity index (χ3v) is 5.27. The third kappa shape index (κ3) is 3.57. The molecule has 0 spiro atoms. The number of fused-ring (bicyclic) bond motifs is 1. The third-order valence-electron chi connectivity index (χ3n) is 5.27. The number of carbonyl (C=O) groups excluding carboxylic acids is 2. The lowest BCUT2D eigenvalue weighted by molar-refractivity contribution is -0.153. The Morgan fingerprint density at radius 2 is 1.86 bits per heavy atom. The molecule has 28 heavy (non-hydrogen) atoms. The van der Waals surface area contributed by atoms with Crippen molar-refractivity contribution in [3.63, 3.8) is 0 Å². The van der Waals surface area contributed by atoms with Gasteiger partial charge in [0.2, 0.25) is 5.91 Å². The van der Waals surface area contributed by atoms with Gasteiger partial charge in [-0.1, -0.05) is 12.1 Å². The molecule has 2 atom stereocenters. The number of methoxy groups -OCH3 is 1. The van der Waals surface area contributed by atoms with E-state index in [2.05, 4.69) is 0 Å². The first-order chi connectivity index (χ1) is 13.5. The minimum absolute atomic E-state index is 0.00702. The minimum atomic E-state index is -0.313. The van der Waals surface area contributed by atoms with Gasteiger partial charge in [0.25, 0.3) is 5.91 Å². The zero-order chi connectivity index (χ0) is 19.7. The molecule has 0 bridgehead atoms. The Bertz CT molecular complexity index is 869. The summed E-state index contributed by atoms with van der Waals surface area (Å²) in [6.07, 6.45) is -0.222. The highest BCUT2D eigenvalue weighted by atomic mass is 19.1. The minimum Gasteiger partial charge on any atom is -0.497 e. The van der Waals surface area contributed by atoms with Gasteiger partial charge in [-0.3, -0.25) is 9.59 Å². The van der Waals surface area contributed by atoms with Crippen LogP contribution in [0.3, 0.4) is 0 Å². The molecule has 0 radical (unpaired) electrons. The lowest BCUT2D eigenvalue weighted by atomic mass is 10.1. The molecule has 2 saturated heterocycles. The Morgan fingerprint density at radius 1 is 1.14 bits per heavy atom. The van der Waals surface area contributed by atoms with Gasteiger partial charge < -0.3 is 19.3 Å². The van der Waals surface area contributed by atoms with Crippen molar-refractivity contribution in [1.29, 1.82) is 0 Å². The maximum absolute atomic E-state index is 13.2. The zero-order valence-electron chi connectivity index (χ0n) is 15.5. The van der Waals surface area contributed by atoms with Crippen LogP contribution in [0.2, 0.25) is 0 Å². The molecule has 2 aromatic carbocycles. The van der Waals surface area contributed by atoms with E-state index in [1.165, 1.54) is 12.1 Å². The molecule has 0 saturated carbocycles. The van der Waals surface area contributed by atoms with E-state index in [0.717, 1.165) is 5.56 Å². The summed E-state index contributed by atoms with van der Waals surface area (Å²) < 4.78 is 24.0. The summed E-state index contributed by atoms with van der Waals surface area (Å²) in [5.74, 6) is 0.150. The number of amides is 2. The van der Waals surface area contributed by atoms with Crippen molar-refractivity contribution >= 4 is 11.8 Å². The average Bonchev–Trinajstić information content (AvgIpc) is 3.16. The molecule has 2 amide bonds. The number of benzene rings is 2. The Kier molecular flexibility index (Phi) is 5.00. The molecule has 2 aliphatic rings. The highest BCUT2D eigenvalue weighted by molar-refractivity contribution is 5.94. The molecule has 2 aliphatic heterocycles. The number of halogens is 1. The van der Waals surface area contributed by atoms with Crippen LogP contribution in [-0.2, 0) is 16.1 Å². The fourth-order valence-corrected chi connectivity index (χ4v) is 3.74. The van der Waals surface area contributed by atoms with E-state index in [1.807, 2.05) is 0 Å². The monoisotopic (exact) mass is 384 g/mol. The molecule has 2 heterocycles. The van der Waals surface area contributed by atoms with Crippen molar-refractivity contribution in [2.75, 3.05) is 26.8 Å². The van der Waals surface area contributed by atoms with Gasteiger partial charge >= 0.3 is 0 Å². The quantitative estimate of drug-likeness (QED) is 0.810. The molecule has 6 nitrogen and oxygen atoms in total. The number of morpholine rings is 1. The van der Waals surface area contributed by atoms with Crippen LogP contribution >= 0.6 is 0 Å². The van der Waals surface area contributed by atoms with Gasteiger partial charge in [0, 0.05) is 25.2 Å². The van der Waals surface area contributed by atoms with Crippen LogP contribution in [0.5, 0.6) is 5.75 Å². The van der Waals surface area contributed by atoms with E-state index < -0.39 is 0 Å². The van der Waals surface area contributed by atoms with Crippen LogP contribution in [0, 0.1) is 5.82 Å². The SMILES string of the molecule is COc1ccc(C(=O)N2CC3OCC(=O)N(Cc4ccc(F)cc4)C3C2)cc1. The number of ether oxygens (including phenoxy) is 2. The molecule has 146 valence electrons. The molecule has 0 aromatic heterocycles. The maximum atomic E-state index is 13.2. The summed E-state index contributed by atoms with van der Waals surface area (Å²) in [4.78, 5) is 28.7. The van der Waals surface area contributed by atoms with Crippen LogP contribution < -0.4 is 4.74 Å². The van der Waals surface area contributed by atoms with Crippen LogP contribution in [0.1, 0.15) is 15.9 Å². The van der Waals surface area contributed by atoms with Crippen molar-refractivity contribution in [1.82, 2.24) is 9.80 Å². The standard InChI is InChI=1S/C21H21FN2O4/c1-27-17-8-4-15(5-9-17)21(26)23-11-18-19(12-23)28-13-20(25)24(18)10-14-2-6-16(22)7-3-14/h2-9,18-19H,10-13H2,1H3. The summed E-state index contributed by atoms with van der Waals surface area (Å²) in [6.45, 7) is 1.20. The summed E-state index contributed by atoms with van der Waals surface area (Å²) in [6, 6.07) is 12.8. The molecule has 0 aliphatic carbocycles. The number of likely N-dealkylation sites (tertiary alicyclic amines) is 1. The van der Waals surface area contributed by atoms with Gasteiger partial charge in [-0.05, 0) is 42.0 Å². The maximum Gasteiger partial charge on any atom is 0.254 e. The fraction of sp³-hybridized carbons (Fsp3) is 0.333. The van der Waals surface area contributed by atoms with Gasteiger partial charge in [-0.15, -0.1) is 0 Å². The molecule has 4 rings (SSSR count). The van der Waals surface area contributed by atoms with Gasteiger partial charge in [0.15, 0.2) is 0 Å². The zero-order valence-corrected chi connectivity index (χ0v) is 15.5. The molecular weight excluding hydrogens is 363 g/mol. The van der Waals surface area contributed by atoms with Gasteiger partial charge in [0.05, 0.1) is 19.3 Å². The lowest BCUT2D eigenvalue weighted by Gasteiger charge is -2.36. The normalized spacial score (nSPS) is 21.6. The van der Waals surface area contributed by atoms with Crippen LogP contribution in [0.4, 0.5) is 4.39 Å². The summed E-state index contributed by atoms with van der Waals surface area (Å²) in [5.41, 5.74) is 1.41. The highest BCUT2D eigenvalue weighted by Crippen LogP contribution is 2.27. The second-order valence-corrected chi connectivity index (χ2v) is 7.00. The van der Waals surface area contributed by atoms with Crippen molar-refractivity contribution in [2.24, 2.45) is 0 Å². The second-order valence-electron chi connectivity index (χ2n) is 7.00. The van der Waals surface area contributed by atoms with Gasteiger partial charge in [0.1, 0.15) is 18.2 Å². The predicted octanol–water partition coefficient (Wildman–Crippen LogP) is 2.09. The Labute approximate surface area is 162 Å². The molecule has 7 heteroatoms. The number of nitrogens with zero attached hydrogens (tertiary/aromatic N) is 2. The van der Waals surface area contributed by atoms with Gasteiger partial charge in [-0.25, -0.2) is 4.39 Å². The summed E-state index contributed by atoms with van der Waals surface area (Å²) in [5, 5.41) is 0. The largest absolute Gasteiger partial charge is 0.497 e. The highest BCUT2D eigenvalue weighted by Gasteiger charge is 2.44. The molecule has 2 fully saturated rings. The van der Waals surface area contributed by atoms with Gasteiger partial charge in [-0.2, -0.15) is 0 Å². The van der Waals surface area contributed by atoms with Crippen LogP contribution in [-0.4, -0.2) is 60.6 Å². The average molecular weight is 384 g/mol. The van der Waals surface area contributed by atoms with Crippen LogP contribution in [0.25, 0.3) is 0 Å². The number of carbonyl (C=O) groups is 2. The Balaban J connectivity index is 1.49. The fourth-order valence-electron chi connectivity index (χ4n) is 3.74. The second kappa shape index (κ2) is 7.59. The van der Waals surface area contributed by atoms with Crippen molar-refractivity contribution in [3.8, 4) is 5.75 Å². The van der Waals surface area contributed by atoms with E-state index in [9.17, 15) is 14.0 Å². The number of rotatable bonds is 4. The predicted molar refractivity (Wildman–Crippen MR) is 99.4 cm³/mol. The Morgan fingerprint density at radius 3 is 2.54 bits per heavy atom. The number of hydrogen-bond acceptors (Lipinski definition) is 4. The summed E-state index contributed by atoms with van der Waals surface area (Å²) in [7, 11) is 1.58. The van der Waals surface area contributed by atoms with E-state index >= 15 is 0 Å². The van der Waals surface area contributed by atoms with Crippen molar-refractivity contribution in [2.45, 2.75) is 18.7 Å². The van der Waals surface area contributed by atoms with Crippen molar-refractivity contribution < 1.29 is 23.5 Å². The summed E-state index contributed by atoms with van der Waals surface area (Å²) >= 11 is 0. The molecular formula is C21H21FN2O4. The van der Waals surface area contributed by atoms with E-state index in [0.29, 0.717) is 30.9 Å². The first-order valence-corrected chi connectivity index (χ1v) is 9.14. The van der Waals surface area contributed by atoms with E-state index in [4.69, 9.17) is 9.47 Å². The smallest absolute Gasteiger partial charge is 0.254 e. The first-order valence-electron chi connectivity index (χ1n) is 9.14. The molecule has 0 N–H and O–H groups in total. The number of hydrogen-bond donors (Lipinski definition) is 0. The first kappa shape index (κ1) is 18.4. The van der Waals surface area contributed by atoms with Crippen LogP contribution in [0.15, 0.2) is 48.5 Å². The lowest BCUT2D eigenvalue weighted by Crippen LogP contribution is -2.53. The molecule has 2 unspecified atom stereocenters. The van der Waals surface area contributed by atoms with Crippen molar-refractivity contribution in [3.05, 3.63) is 65.5 Å². The van der Waals surface area contributed by atoms with E-state index in [-0.39, 0.29) is 36.4 Å². The topological polar surface area (TPSA) is 59.1 Å².